The first-order chi connectivity index (χ1) is 8.88. The quantitative estimate of drug-likeness (QED) is 0.621. The van der Waals surface area contributed by atoms with Crippen LogP contribution < -0.4 is 4.74 Å². The monoisotopic (exact) mass is 288 g/mol. The highest BCUT2D eigenvalue weighted by atomic mass is 31.0. The lowest BCUT2D eigenvalue weighted by atomic mass is 10.1. The number of benzene rings is 1. The first-order valence-electron chi connectivity index (χ1n) is 6.83. The molecule has 0 fully saturated rings. The van der Waals surface area contributed by atoms with Crippen molar-refractivity contribution in [1.82, 2.24) is 0 Å². The number of halogens is 2. The minimum atomic E-state index is -2.95. The van der Waals surface area contributed by atoms with Gasteiger partial charge in [-0.05, 0) is 31.9 Å². The average molecular weight is 288 g/mol. The van der Waals surface area contributed by atoms with E-state index in [2.05, 4.69) is 13.8 Å². The maximum atomic E-state index is 13.6. The van der Waals surface area contributed by atoms with Crippen molar-refractivity contribution in [1.29, 1.82) is 0 Å². The fourth-order valence-electron chi connectivity index (χ4n) is 2.09. The molecule has 19 heavy (non-hydrogen) atoms. The number of hydrogen-bond donors (Lipinski definition) is 0. The summed E-state index contributed by atoms with van der Waals surface area (Å²) in [5.41, 5.74) is -2.19. The summed E-state index contributed by atoms with van der Waals surface area (Å²) in [5, 5.41) is 0. The Kier molecular flexibility index (Phi) is 6.19. The van der Waals surface area contributed by atoms with Gasteiger partial charge in [0.05, 0.1) is 11.7 Å². The molecule has 1 unspecified atom stereocenters. The van der Waals surface area contributed by atoms with E-state index in [1.54, 1.807) is 22.2 Å². The van der Waals surface area contributed by atoms with Gasteiger partial charge in [0.15, 0.2) is 0 Å². The van der Waals surface area contributed by atoms with Crippen molar-refractivity contribution < 1.29 is 13.5 Å². The lowest BCUT2D eigenvalue weighted by molar-refractivity contribution is 0.0933. The molecule has 0 aliphatic heterocycles. The Labute approximate surface area is 116 Å². The van der Waals surface area contributed by atoms with Crippen LogP contribution in [0.4, 0.5) is 8.78 Å². The van der Waals surface area contributed by atoms with Crippen LogP contribution in [0.3, 0.4) is 0 Å². The molecular formula is C15H23F2OP. The Balaban J connectivity index is 2.98. The second-order valence-electron chi connectivity index (χ2n) is 4.94. The van der Waals surface area contributed by atoms with E-state index in [0.29, 0.717) is 5.75 Å². The van der Waals surface area contributed by atoms with E-state index in [0.717, 1.165) is 31.2 Å². The Morgan fingerprint density at radius 1 is 1.21 bits per heavy atom. The summed E-state index contributed by atoms with van der Waals surface area (Å²) in [6.45, 7) is 5.96. The molecule has 0 heterocycles. The molecular weight excluding hydrogens is 265 g/mol. The van der Waals surface area contributed by atoms with Crippen molar-refractivity contribution in [2.24, 2.45) is 0 Å². The average Bonchev–Trinajstić information content (AvgIpc) is 2.31. The van der Waals surface area contributed by atoms with E-state index >= 15 is 0 Å². The van der Waals surface area contributed by atoms with Gasteiger partial charge >= 0.3 is 0 Å². The van der Waals surface area contributed by atoms with Crippen LogP contribution in [-0.2, 0) is 5.66 Å². The molecule has 0 radical (unpaired) electrons. The molecule has 0 amide bonds. The summed E-state index contributed by atoms with van der Waals surface area (Å²) in [7, 11) is 1.59. The molecule has 0 N–H and O–H groups in total. The highest BCUT2D eigenvalue weighted by Gasteiger charge is 2.29. The lowest BCUT2D eigenvalue weighted by Crippen LogP contribution is -2.18. The zero-order chi connectivity index (χ0) is 14.5. The summed E-state index contributed by atoms with van der Waals surface area (Å²) in [6, 6.07) is 4.96. The van der Waals surface area contributed by atoms with Crippen LogP contribution in [-0.4, -0.2) is 6.10 Å². The van der Waals surface area contributed by atoms with Gasteiger partial charge in [-0.1, -0.05) is 47.6 Å². The molecule has 1 aromatic carbocycles. The van der Waals surface area contributed by atoms with Crippen molar-refractivity contribution in [2.75, 3.05) is 0 Å². The third-order valence-electron chi connectivity index (χ3n) is 3.01. The van der Waals surface area contributed by atoms with Crippen molar-refractivity contribution >= 4 is 9.24 Å². The molecule has 0 aliphatic rings. The second-order valence-corrected chi connectivity index (χ2v) is 5.66. The van der Waals surface area contributed by atoms with Crippen LogP contribution in [0.15, 0.2) is 18.2 Å². The third kappa shape index (κ3) is 5.06. The maximum absolute atomic E-state index is 13.6. The van der Waals surface area contributed by atoms with E-state index in [-0.39, 0.29) is 11.7 Å². The molecule has 0 spiro atoms. The highest BCUT2D eigenvalue weighted by Crippen LogP contribution is 2.41. The van der Waals surface area contributed by atoms with Gasteiger partial charge in [0, 0.05) is 0 Å². The predicted octanol–water partition coefficient (Wildman–Crippen LogP) is 5.27. The lowest BCUT2D eigenvalue weighted by Gasteiger charge is -2.22. The first kappa shape index (κ1) is 16.4. The Morgan fingerprint density at radius 2 is 1.79 bits per heavy atom. The van der Waals surface area contributed by atoms with Gasteiger partial charge < -0.3 is 4.74 Å². The molecule has 0 bridgehead atoms. The molecule has 0 aliphatic carbocycles. The minimum Gasteiger partial charge on any atom is -0.490 e. The van der Waals surface area contributed by atoms with E-state index in [4.69, 9.17) is 4.74 Å². The van der Waals surface area contributed by atoms with Gasteiger partial charge in [-0.25, -0.2) is 0 Å². The van der Waals surface area contributed by atoms with E-state index < -0.39 is 5.66 Å². The van der Waals surface area contributed by atoms with Crippen molar-refractivity contribution in [3.8, 4) is 5.75 Å². The Morgan fingerprint density at radius 3 is 2.26 bits per heavy atom. The van der Waals surface area contributed by atoms with Gasteiger partial charge in [0.2, 0.25) is 0 Å². The maximum Gasteiger partial charge on any atom is 0.287 e. The summed E-state index contributed by atoms with van der Waals surface area (Å²) in [6.07, 6.45) is 3.78. The second kappa shape index (κ2) is 7.19. The molecule has 108 valence electrons. The zero-order valence-electron chi connectivity index (χ0n) is 11.9. The number of hydrogen-bond acceptors (Lipinski definition) is 1. The van der Waals surface area contributed by atoms with E-state index in [1.807, 2.05) is 6.07 Å². The van der Waals surface area contributed by atoms with Crippen molar-refractivity contribution in [3.63, 3.8) is 0 Å². The van der Waals surface area contributed by atoms with Gasteiger partial charge in [-0.15, -0.1) is 0 Å². The topological polar surface area (TPSA) is 9.23 Å². The summed E-state index contributed by atoms with van der Waals surface area (Å²) in [5.74, 6) is 0.303. The first-order valence-corrected chi connectivity index (χ1v) is 7.40. The fourth-order valence-corrected chi connectivity index (χ4v) is 2.32. The van der Waals surface area contributed by atoms with Crippen LogP contribution in [0.1, 0.15) is 50.7 Å². The number of alkyl halides is 2. The van der Waals surface area contributed by atoms with Crippen molar-refractivity contribution in [3.05, 3.63) is 29.3 Å². The fraction of sp³-hybridized carbons (Fsp3) is 0.600. The number of rotatable bonds is 7. The van der Waals surface area contributed by atoms with Gasteiger partial charge in [0.1, 0.15) is 5.75 Å². The van der Waals surface area contributed by atoms with Crippen LogP contribution >= 0.6 is 9.24 Å². The highest BCUT2D eigenvalue weighted by molar-refractivity contribution is 7.17. The summed E-state index contributed by atoms with van der Waals surface area (Å²) >= 11 is 0. The van der Waals surface area contributed by atoms with Crippen LogP contribution in [0, 0.1) is 6.92 Å². The molecule has 0 saturated carbocycles. The van der Waals surface area contributed by atoms with E-state index in [9.17, 15) is 8.78 Å². The molecule has 1 atom stereocenters. The van der Waals surface area contributed by atoms with Crippen LogP contribution in [0.5, 0.6) is 5.75 Å². The zero-order valence-corrected chi connectivity index (χ0v) is 13.0. The van der Waals surface area contributed by atoms with Crippen LogP contribution in [0.2, 0.25) is 0 Å². The minimum absolute atomic E-state index is 0.0174. The molecule has 1 nitrogen and oxygen atoms in total. The summed E-state index contributed by atoms with van der Waals surface area (Å²) < 4.78 is 33.0. The van der Waals surface area contributed by atoms with Crippen LogP contribution in [0.25, 0.3) is 0 Å². The number of ether oxygens (including phenoxy) is 1. The largest absolute Gasteiger partial charge is 0.490 e. The van der Waals surface area contributed by atoms with Gasteiger partial charge in [0.25, 0.3) is 5.66 Å². The number of aryl methyl sites for hydroxylation is 1. The summed E-state index contributed by atoms with van der Waals surface area (Å²) in [4.78, 5) is 0. The molecule has 1 rings (SSSR count). The molecule has 0 saturated heterocycles. The SMILES string of the molecule is CCCC(CCC)Oc1ccc(C)cc1C(F)(F)P. The normalized spacial score (nSPS) is 11.9. The standard InChI is InChI=1S/C15H23F2OP/c1-4-6-12(7-5-2)18-14-9-8-11(3)10-13(14)15(16,17)19/h8-10,12H,4-7,19H2,1-3H3. The van der Waals surface area contributed by atoms with Gasteiger partial charge in [-0.3, -0.25) is 0 Å². The van der Waals surface area contributed by atoms with E-state index in [1.165, 1.54) is 6.07 Å². The molecule has 4 heteroatoms. The third-order valence-corrected chi connectivity index (χ3v) is 3.32. The Bertz CT molecular complexity index is 396. The molecule has 1 aromatic rings. The predicted molar refractivity (Wildman–Crippen MR) is 79.0 cm³/mol. The molecule has 0 aromatic heterocycles. The van der Waals surface area contributed by atoms with Crippen molar-refractivity contribution in [2.45, 2.75) is 58.2 Å². The Hall–Kier alpha value is -0.690. The van der Waals surface area contributed by atoms with Gasteiger partial charge in [-0.2, -0.15) is 8.78 Å². The smallest absolute Gasteiger partial charge is 0.287 e.